The van der Waals surface area contributed by atoms with Gasteiger partial charge in [0.05, 0.1) is 18.2 Å². The van der Waals surface area contributed by atoms with E-state index in [1.54, 1.807) is 6.07 Å². The van der Waals surface area contributed by atoms with Gasteiger partial charge < -0.3 is 15.3 Å². The normalized spacial score (nSPS) is 24.4. The second kappa shape index (κ2) is 5.86. The number of nitriles is 1. The Kier molecular flexibility index (Phi) is 3.65. The molecule has 0 fully saturated rings. The standard InChI is InChI=1S/C21H21N3O/c1-13-7-8-18-16(9-13)21-17(10-14(11-22)12-24(21)2)20(23-18)15-5-3-4-6-19(15)25/h3-9,12,17,20-21,23,25H,10H2,1-2H3/t17-,20-,21+/m0/s1. The number of hydrogen-bond donors (Lipinski definition) is 2. The fourth-order valence-electron chi connectivity index (χ4n) is 4.26. The maximum absolute atomic E-state index is 10.4. The van der Waals surface area contributed by atoms with Gasteiger partial charge in [0.1, 0.15) is 5.75 Å². The number of rotatable bonds is 1. The van der Waals surface area contributed by atoms with E-state index >= 15 is 0 Å². The molecule has 4 heteroatoms. The van der Waals surface area contributed by atoms with Gasteiger partial charge in [0.2, 0.25) is 0 Å². The summed E-state index contributed by atoms with van der Waals surface area (Å²) in [5, 5.41) is 23.5. The summed E-state index contributed by atoms with van der Waals surface area (Å²) >= 11 is 0. The number of phenolic OH excluding ortho intramolecular Hbond substituents is 1. The molecule has 126 valence electrons. The smallest absolute Gasteiger partial charge is 0.120 e. The Morgan fingerprint density at radius 1 is 1.20 bits per heavy atom. The van der Waals surface area contributed by atoms with E-state index < -0.39 is 0 Å². The predicted molar refractivity (Wildman–Crippen MR) is 98.0 cm³/mol. The average molecular weight is 331 g/mol. The highest BCUT2D eigenvalue weighted by molar-refractivity contribution is 5.60. The first-order valence-corrected chi connectivity index (χ1v) is 8.56. The van der Waals surface area contributed by atoms with Crippen LogP contribution in [0, 0.1) is 24.2 Å². The summed E-state index contributed by atoms with van der Waals surface area (Å²) in [5.74, 6) is 0.470. The van der Waals surface area contributed by atoms with Gasteiger partial charge in [-0.05, 0) is 31.0 Å². The van der Waals surface area contributed by atoms with Crippen molar-refractivity contribution in [1.29, 1.82) is 5.26 Å². The lowest BCUT2D eigenvalue weighted by atomic mass is 9.74. The Hall–Kier alpha value is -2.93. The van der Waals surface area contributed by atoms with E-state index in [-0.39, 0.29) is 18.0 Å². The van der Waals surface area contributed by atoms with Crippen LogP contribution >= 0.6 is 0 Å². The first kappa shape index (κ1) is 15.6. The molecule has 4 nitrogen and oxygen atoms in total. The molecule has 0 saturated carbocycles. The predicted octanol–water partition coefficient (Wildman–Crippen LogP) is 4.27. The molecule has 2 heterocycles. The monoisotopic (exact) mass is 331 g/mol. The zero-order valence-electron chi connectivity index (χ0n) is 14.4. The molecule has 0 aliphatic carbocycles. The molecule has 2 aromatic rings. The number of phenols is 1. The fraction of sp³-hybridized carbons (Fsp3) is 0.286. The molecule has 2 aromatic carbocycles. The van der Waals surface area contributed by atoms with Gasteiger partial charge in [-0.2, -0.15) is 5.26 Å². The lowest BCUT2D eigenvalue weighted by molar-refractivity contribution is 0.186. The number of fused-ring (bicyclic) bond motifs is 3. The first-order valence-electron chi connectivity index (χ1n) is 8.56. The number of nitrogens with zero attached hydrogens (tertiary/aromatic N) is 2. The summed E-state index contributed by atoms with van der Waals surface area (Å²) in [4.78, 5) is 2.15. The largest absolute Gasteiger partial charge is 0.508 e. The molecule has 0 radical (unpaired) electrons. The van der Waals surface area contributed by atoms with Gasteiger partial charge in [-0.3, -0.25) is 0 Å². The van der Waals surface area contributed by atoms with Gasteiger partial charge >= 0.3 is 0 Å². The van der Waals surface area contributed by atoms with E-state index in [1.165, 1.54) is 11.1 Å². The molecule has 2 N–H and O–H groups in total. The summed E-state index contributed by atoms with van der Waals surface area (Å²) in [6.07, 6.45) is 2.66. The molecule has 0 amide bonds. The van der Waals surface area contributed by atoms with Gasteiger partial charge in [0.25, 0.3) is 0 Å². The molecular weight excluding hydrogens is 310 g/mol. The fourth-order valence-corrected chi connectivity index (χ4v) is 4.26. The van der Waals surface area contributed by atoms with Crippen LogP contribution in [0.25, 0.3) is 0 Å². The molecule has 25 heavy (non-hydrogen) atoms. The molecule has 3 atom stereocenters. The van der Waals surface area contributed by atoms with Crippen LogP contribution in [0.3, 0.4) is 0 Å². The van der Waals surface area contributed by atoms with Gasteiger partial charge in [-0.25, -0.2) is 0 Å². The van der Waals surface area contributed by atoms with Gasteiger partial charge in [-0.15, -0.1) is 0 Å². The summed E-state index contributed by atoms with van der Waals surface area (Å²) in [5.41, 5.74) is 5.25. The second-order valence-electron chi connectivity index (χ2n) is 7.02. The van der Waals surface area contributed by atoms with Crippen molar-refractivity contribution in [3.63, 3.8) is 0 Å². The molecule has 2 aliphatic heterocycles. The number of nitrogens with one attached hydrogen (secondary N) is 1. The third kappa shape index (κ3) is 2.53. The Bertz CT molecular complexity index is 896. The number of allylic oxidation sites excluding steroid dienone is 1. The van der Waals surface area contributed by atoms with Crippen molar-refractivity contribution in [2.45, 2.75) is 25.4 Å². The van der Waals surface area contributed by atoms with Crippen molar-refractivity contribution < 1.29 is 5.11 Å². The maximum atomic E-state index is 10.4. The molecule has 0 aromatic heterocycles. The number of para-hydroxylation sites is 1. The lowest BCUT2D eigenvalue weighted by Crippen LogP contribution is -2.40. The van der Waals surface area contributed by atoms with Crippen LogP contribution in [0.1, 0.15) is 35.2 Å². The second-order valence-corrected chi connectivity index (χ2v) is 7.02. The number of anilines is 1. The van der Waals surface area contributed by atoms with Gasteiger partial charge in [-0.1, -0.05) is 35.9 Å². The Morgan fingerprint density at radius 2 is 2.00 bits per heavy atom. The highest BCUT2D eigenvalue weighted by atomic mass is 16.3. The van der Waals surface area contributed by atoms with Crippen molar-refractivity contribution in [3.05, 3.63) is 70.9 Å². The third-order valence-electron chi connectivity index (χ3n) is 5.34. The zero-order valence-corrected chi connectivity index (χ0v) is 14.4. The first-order chi connectivity index (χ1) is 12.1. The Labute approximate surface area is 148 Å². The minimum absolute atomic E-state index is 0.0408. The van der Waals surface area contributed by atoms with E-state index in [4.69, 9.17) is 0 Å². The van der Waals surface area contributed by atoms with E-state index in [2.05, 4.69) is 41.4 Å². The molecule has 0 spiro atoms. The summed E-state index contributed by atoms with van der Waals surface area (Å²) in [6.45, 7) is 2.10. The highest BCUT2D eigenvalue weighted by Gasteiger charge is 2.42. The van der Waals surface area contributed by atoms with E-state index in [1.807, 2.05) is 31.4 Å². The average Bonchev–Trinajstić information content (AvgIpc) is 2.61. The number of benzene rings is 2. The van der Waals surface area contributed by atoms with E-state index in [0.29, 0.717) is 12.2 Å². The van der Waals surface area contributed by atoms with Crippen molar-refractivity contribution in [1.82, 2.24) is 4.90 Å². The molecule has 0 unspecified atom stereocenters. The molecule has 4 rings (SSSR count). The van der Waals surface area contributed by atoms with Crippen LogP contribution in [0.4, 0.5) is 5.69 Å². The molecule has 0 saturated heterocycles. The van der Waals surface area contributed by atoms with Crippen LogP contribution in [0.5, 0.6) is 5.75 Å². The van der Waals surface area contributed by atoms with E-state index in [0.717, 1.165) is 16.8 Å². The van der Waals surface area contributed by atoms with Crippen LogP contribution in [0.2, 0.25) is 0 Å². The molecular formula is C21H21N3O. The number of aryl methyl sites for hydroxylation is 1. The van der Waals surface area contributed by atoms with Crippen LogP contribution in [0.15, 0.2) is 54.2 Å². The summed E-state index contributed by atoms with van der Waals surface area (Å²) < 4.78 is 0. The summed E-state index contributed by atoms with van der Waals surface area (Å²) in [6, 6.07) is 16.4. The SMILES string of the molecule is Cc1ccc2c(c1)[C@@H]1[C@@H](CC(C#N)=CN1C)[C@H](c1ccccc1O)N2. The van der Waals surface area contributed by atoms with Crippen LogP contribution in [-0.2, 0) is 0 Å². The van der Waals surface area contributed by atoms with E-state index in [9.17, 15) is 10.4 Å². The highest BCUT2D eigenvalue weighted by Crippen LogP contribution is 2.51. The quantitative estimate of drug-likeness (QED) is 0.819. The van der Waals surface area contributed by atoms with Gasteiger partial charge in [0, 0.05) is 36.0 Å². The molecule has 2 aliphatic rings. The number of hydrogen-bond acceptors (Lipinski definition) is 4. The topological polar surface area (TPSA) is 59.3 Å². The van der Waals surface area contributed by atoms with Crippen molar-refractivity contribution in [2.24, 2.45) is 5.92 Å². The number of aromatic hydroxyl groups is 1. The van der Waals surface area contributed by atoms with Crippen molar-refractivity contribution in [3.8, 4) is 11.8 Å². The van der Waals surface area contributed by atoms with Crippen molar-refractivity contribution >= 4 is 5.69 Å². The summed E-state index contributed by atoms with van der Waals surface area (Å²) in [7, 11) is 2.04. The Morgan fingerprint density at radius 3 is 2.76 bits per heavy atom. The van der Waals surface area contributed by atoms with Gasteiger partial charge in [0.15, 0.2) is 0 Å². The van der Waals surface area contributed by atoms with Crippen LogP contribution in [-0.4, -0.2) is 17.1 Å². The maximum Gasteiger partial charge on any atom is 0.120 e. The minimum atomic E-state index is -0.0408. The molecule has 0 bridgehead atoms. The van der Waals surface area contributed by atoms with Crippen LogP contribution < -0.4 is 5.32 Å². The Balaban J connectivity index is 1.88. The third-order valence-corrected chi connectivity index (χ3v) is 5.34. The minimum Gasteiger partial charge on any atom is -0.508 e. The lowest BCUT2D eigenvalue weighted by Gasteiger charge is -2.47. The van der Waals surface area contributed by atoms with Crippen molar-refractivity contribution in [2.75, 3.05) is 12.4 Å². The zero-order chi connectivity index (χ0) is 17.6.